The van der Waals surface area contributed by atoms with Crippen LogP contribution in [-0.2, 0) is 0 Å². The number of rotatable bonds is 2. The average Bonchev–Trinajstić information content (AvgIpc) is 1.41. The van der Waals surface area contributed by atoms with Crippen LogP contribution >= 0.6 is 0 Å². The van der Waals surface area contributed by atoms with Crippen molar-refractivity contribution in [3.05, 3.63) is 0 Å². The van der Waals surface area contributed by atoms with Crippen LogP contribution in [0.15, 0.2) is 0 Å². The summed E-state index contributed by atoms with van der Waals surface area (Å²) in [5.74, 6) is 0. The zero-order chi connectivity index (χ0) is 4.12. The van der Waals surface area contributed by atoms with Crippen molar-refractivity contribution >= 4 is 0 Å². The fourth-order valence-corrected chi connectivity index (χ4v) is 0.0707. The molecule has 0 amide bonds. The van der Waals surface area contributed by atoms with Gasteiger partial charge in [0.05, 0.1) is 0 Å². The molecule has 3 heteroatoms. The Balaban J connectivity index is 0. The van der Waals surface area contributed by atoms with E-state index in [9.17, 15) is 0 Å². The van der Waals surface area contributed by atoms with Crippen molar-refractivity contribution in [3.63, 3.8) is 0 Å². The molecule has 0 aromatic heterocycles. The first-order valence-electron chi connectivity index (χ1n) is 1.63. The standard InChI is InChI=1S/C3H8O2.Na/c4-2-1-3-5;/h4-5H,1-3H2;/q;+1. The van der Waals surface area contributed by atoms with Crippen LogP contribution < -0.4 is 29.6 Å². The minimum absolute atomic E-state index is 0. The molecule has 0 unspecified atom stereocenters. The molecule has 0 heterocycles. The molecule has 0 atom stereocenters. The predicted molar refractivity (Wildman–Crippen MR) is 18.8 cm³/mol. The van der Waals surface area contributed by atoms with Gasteiger partial charge in [-0.15, -0.1) is 0 Å². The molecule has 32 valence electrons. The maximum absolute atomic E-state index is 7.91. The van der Waals surface area contributed by atoms with Gasteiger partial charge in [0.15, 0.2) is 0 Å². The van der Waals surface area contributed by atoms with Crippen molar-refractivity contribution in [3.8, 4) is 0 Å². The predicted octanol–water partition coefficient (Wildman–Crippen LogP) is -3.63. The van der Waals surface area contributed by atoms with Crippen LogP contribution in [0, 0.1) is 0 Å². The average molecular weight is 99.1 g/mol. The van der Waals surface area contributed by atoms with Crippen LogP contribution in [0.4, 0.5) is 0 Å². The molecule has 0 rings (SSSR count). The van der Waals surface area contributed by atoms with Crippen LogP contribution in [0.5, 0.6) is 0 Å². The van der Waals surface area contributed by atoms with E-state index in [0.717, 1.165) is 0 Å². The molecule has 0 aromatic carbocycles. The number of hydrogen-bond acceptors (Lipinski definition) is 2. The molecule has 0 radical (unpaired) electrons. The summed E-state index contributed by atoms with van der Waals surface area (Å²) in [4.78, 5) is 0. The van der Waals surface area contributed by atoms with E-state index in [4.69, 9.17) is 10.2 Å². The first-order valence-corrected chi connectivity index (χ1v) is 1.63. The smallest absolute Gasteiger partial charge is 0.396 e. The Morgan fingerprint density at radius 1 is 1.00 bits per heavy atom. The van der Waals surface area contributed by atoms with Gasteiger partial charge in [0, 0.05) is 13.2 Å². The molecule has 0 spiro atoms. The summed E-state index contributed by atoms with van der Waals surface area (Å²) in [6, 6.07) is 0. The van der Waals surface area contributed by atoms with Gasteiger partial charge in [0.1, 0.15) is 0 Å². The molecule has 0 aliphatic rings. The topological polar surface area (TPSA) is 40.5 Å². The molecule has 0 saturated carbocycles. The number of hydrogen-bond donors (Lipinski definition) is 2. The van der Waals surface area contributed by atoms with Crippen LogP contribution in [-0.4, -0.2) is 23.4 Å². The van der Waals surface area contributed by atoms with E-state index in [1.807, 2.05) is 0 Å². The summed E-state index contributed by atoms with van der Waals surface area (Å²) in [7, 11) is 0. The molecule has 2 nitrogen and oxygen atoms in total. The summed E-state index contributed by atoms with van der Waals surface area (Å²) >= 11 is 0. The SMILES string of the molecule is OCCCO.[Na+]. The molecule has 0 aliphatic carbocycles. The van der Waals surface area contributed by atoms with Crippen molar-refractivity contribution in [1.82, 2.24) is 0 Å². The third-order valence-corrected chi connectivity index (χ3v) is 0.316. The van der Waals surface area contributed by atoms with E-state index in [2.05, 4.69) is 0 Å². The third-order valence-electron chi connectivity index (χ3n) is 0.316. The Labute approximate surface area is 59.5 Å². The van der Waals surface area contributed by atoms with Crippen molar-refractivity contribution in [1.29, 1.82) is 0 Å². The number of aliphatic hydroxyl groups is 2. The summed E-state index contributed by atoms with van der Waals surface area (Å²) < 4.78 is 0. The van der Waals surface area contributed by atoms with Crippen LogP contribution in [0.25, 0.3) is 0 Å². The Hall–Kier alpha value is 0.920. The van der Waals surface area contributed by atoms with E-state index < -0.39 is 0 Å². The second-order valence-electron chi connectivity index (χ2n) is 0.801. The minimum Gasteiger partial charge on any atom is -0.396 e. The zero-order valence-electron chi connectivity index (χ0n) is 4.02. The second kappa shape index (κ2) is 9.33. The van der Waals surface area contributed by atoms with Gasteiger partial charge >= 0.3 is 29.6 Å². The van der Waals surface area contributed by atoms with Crippen LogP contribution in [0.2, 0.25) is 0 Å². The molecule has 0 saturated heterocycles. The van der Waals surface area contributed by atoms with Crippen LogP contribution in [0.3, 0.4) is 0 Å². The van der Waals surface area contributed by atoms with Gasteiger partial charge in [0.25, 0.3) is 0 Å². The van der Waals surface area contributed by atoms with Crippen molar-refractivity contribution in [2.75, 3.05) is 13.2 Å². The van der Waals surface area contributed by atoms with Gasteiger partial charge in [-0.05, 0) is 6.42 Å². The van der Waals surface area contributed by atoms with Crippen molar-refractivity contribution in [2.24, 2.45) is 0 Å². The fourth-order valence-electron chi connectivity index (χ4n) is 0.0707. The first-order chi connectivity index (χ1) is 2.41. The fraction of sp³-hybridized carbons (Fsp3) is 1.00. The monoisotopic (exact) mass is 99.0 g/mol. The van der Waals surface area contributed by atoms with Gasteiger partial charge in [0.2, 0.25) is 0 Å². The number of aliphatic hydroxyl groups excluding tert-OH is 2. The Bertz CT molecular complexity index is 16.3. The van der Waals surface area contributed by atoms with E-state index >= 15 is 0 Å². The minimum atomic E-state index is 0. The van der Waals surface area contributed by atoms with Crippen molar-refractivity contribution < 1.29 is 39.8 Å². The quantitative estimate of drug-likeness (QED) is 0.351. The summed E-state index contributed by atoms with van der Waals surface area (Å²) in [6.07, 6.45) is 0.500. The van der Waals surface area contributed by atoms with E-state index in [0.29, 0.717) is 6.42 Å². The van der Waals surface area contributed by atoms with Gasteiger partial charge in [-0.2, -0.15) is 0 Å². The Morgan fingerprint density at radius 2 is 1.33 bits per heavy atom. The molecule has 0 fully saturated rings. The summed E-state index contributed by atoms with van der Waals surface area (Å²) in [5.41, 5.74) is 0. The largest absolute Gasteiger partial charge is 1.00 e. The molecule has 2 N–H and O–H groups in total. The van der Waals surface area contributed by atoms with Gasteiger partial charge < -0.3 is 10.2 Å². The molecule has 0 bridgehead atoms. The molecular weight excluding hydrogens is 91.0 g/mol. The van der Waals surface area contributed by atoms with E-state index in [1.54, 1.807) is 0 Å². The third kappa shape index (κ3) is 8.87. The van der Waals surface area contributed by atoms with Gasteiger partial charge in [-0.25, -0.2) is 0 Å². The molecule has 0 aromatic rings. The first kappa shape index (κ1) is 10.0. The van der Waals surface area contributed by atoms with Crippen LogP contribution in [0.1, 0.15) is 6.42 Å². The molecule has 0 aliphatic heterocycles. The maximum atomic E-state index is 7.91. The van der Waals surface area contributed by atoms with E-state index in [1.165, 1.54) is 0 Å². The second-order valence-corrected chi connectivity index (χ2v) is 0.801. The van der Waals surface area contributed by atoms with Gasteiger partial charge in [-0.3, -0.25) is 0 Å². The maximum Gasteiger partial charge on any atom is 1.00 e. The normalized spacial score (nSPS) is 7.00. The van der Waals surface area contributed by atoms with Crippen molar-refractivity contribution in [2.45, 2.75) is 6.42 Å². The summed E-state index contributed by atoms with van der Waals surface area (Å²) in [6.45, 7) is 0.188. The zero-order valence-corrected chi connectivity index (χ0v) is 6.02. The van der Waals surface area contributed by atoms with E-state index in [-0.39, 0.29) is 42.8 Å². The molecular formula is C3H8NaO2+. The Morgan fingerprint density at radius 3 is 1.33 bits per heavy atom. The summed E-state index contributed by atoms with van der Waals surface area (Å²) in [5, 5.41) is 15.8. The van der Waals surface area contributed by atoms with Gasteiger partial charge in [-0.1, -0.05) is 0 Å². The molecule has 6 heavy (non-hydrogen) atoms. The Kier molecular flexibility index (Phi) is 15.6.